The van der Waals surface area contributed by atoms with E-state index in [1.165, 1.54) is 32.7 Å². The van der Waals surface area contributed by atoms with Crippen LogP contribution in [0.2, 0.25) is 0 Å². The molecule has 3 heterocycles. The number of fused-ring (bicyclic) bond motifs is 9. The van der Waals surface area contributed by atoms with E-state index >= 15 is 0 Å². The average molecular weight is 752 g/mol. The van der Waals surface area contributed by atoms with Crippen molar-refractivity contribution in [3.05, 3.63) is 200 Å². The fourth-order valence-electron chi connectivity index (χ4n) is 8.90. The zero-order chi connectivity index (χ0) is 38.9. The van der Waals surface area contributed by atoms with Gasteiger partial charge in [-0.25, -0.2) is 15.0 Å². The molecule has 3 aromatic heterocycles. The molecule has 0 aliphatic carbocycles. The summed E-state index contributed by atoms with van der Waals surface area (Å²) in [6.45, 7) is 0. The van der Waals surface area contributed by atoms with Crippen LogP contribution in [-0.4, -0.2) is 15.0 Å². The molecule has 4 nitrogen and oxygen atoms in total. The number of rotatable bonds is 5. The lowest BCUT2D eigenvalue weighted by Crippen LogP contribution is -1.97. The van der Waals surface area contributed by atoms with Crippen LogP contribution in [0.5, 0.6) is 0 Å². The maximum Gasteiger partial charge on any atom is 0.161 e. The van der Waals surface area contributed by atoms with Crippen molar-refractivity contribution < 1.29 is 4.42 Å². The maximum absolute atomic E-state index is 6.47. The first-order valence-corrected chi connectivity index (χ1v) is 19.9. The van der Waals surface area contributed by atoms with Crippen molar-refractivity contribution in [3.63, 3.8) is 0 Å². The molecule has 0 radical (unpaired) electrons. The van der Waals surface area contributed by atoms with Crippen molar-refractivity contribution in [1.82, 2.24) is 15.0 Å². The van der Waals surface area contributed by atoms with Crippen molar-refractivity contribution in [2.24, 2.45) is 0 Å². The van der Waals surface area contributed by atoms with Gasteiger partial charge in [-0.05, 0) is 79.8 Å². The molecule has 0 saturated carbocycles. The fraction of sp³-hybridized carbons (Fsp3) is 0. The lowest BCUT2D eigenvalue weighted by atomic mass is 9.89. The SMILES string of the molecule is c1ccc(-c2cc(-c3ccc(-c4nc5ccccc5c5oc6ccccc6c45)cc3)nc(-c3ccc(-c4cc5ccccc5c5ccccc45)c4ccccc34)n2)cc1. The largest absolute Gasteiger partial charge is 0.455 e. The van der Waals surface area contributed by atoms with E-state index in [-0.39, 0.29) is 0 Å². The number of aromatic nitrogens is 3. The van der Waals surface area contributed by atoms with Gasteiger partial charge >= 0.3 is 0 Å². The van der Waals surface area contributed by atoms with E-state index in [2.05, 4.69) is 164 Å². The first kappa shape index (κ1) is 33.2. The molecule has 0 aliphatic rings. The average Bonchev–Trinajstić information content (AvgIpc) is 3.71. The van der Waals surface area contributed by atoms with Gasteiger partial charge < -0.3 is 4.42 Å². The van der Waals surface area contributed by atoms with E-state index in [1.54, 1.807) is 0 Å². The highest BCUT2D eigenvalue weighted by Crippen LogP contribution is 2.42. The highest BCUT2D eigenvalue weighted by molar-refractivity contribution is 6.20. The van der Waals surface area contributed by atoms with E-state index in [4.69, 9.17) is 19.4 Å². The smallest absolute Gasteiger partial charge is 0.161 e. The third kappa shape index (κ3) is 5.42. The third-order valence-corrected chi connectivity index (χ3v) is 11.7. The summed E-state index contributed by atoms with van der Waals surface area (Å²) in [7, 11) is 0. The molecule has 59 heavy (non-hydrogen) atoms. The number of hydrogen-bond donors (Lipinski definition) is 0. The monoisotopic (exact) mass is 751 g/mol. The second-order valence-corrected chi connectivity index (χ2v) is 15.1. The Kier molecular flexibility index (Phi) is 7.50. The van der Waals surface area contributed by atoms with E-state index in [9.17, 15) is 0 Å². The Morgan fingerprint density at radius 3 is 1.64 bits per heavy atom. The predicted molar refractivity (Wildman–Crippen MR) is 244 cm³/mol. The molecule has 0 N–H and O–H groups in total. The lowest BCUT2D eigenvalue weighted by molar-refractivity contribution is 0.672. The highest BCUT2D eigenvalue weighted by Gasteiger charge is 2.20. The summed E-state index contributed by atoms with van der Waals surface area (Å²) >= 11 is 0. The molecular weight excluding hydrogens is 719 g/mol. The highest BCUT2D eigenvalue weighted by atomic mass is 16.3. The Labute approximate surface area is 339 Å². The van der Waals surface area contributed by atoms with E-state index in [0.717, 1.165) is 82.9 Å². The summed E-state index contributed by atoms with van der Waals surface area (Å²) in [5.74, 6) is 0.680. The molecule has 0 bridgehead atoms. The van der Waals surface area contributed by atoms with Crippen LogP contribution in [0.15, 0.2) is 205 Å². The van der Waals surface area contributed by atoms with Gasteiger partial charge in [0.25, 0.3) is 0 Å². The van der Waals surface area contributed by atoms with Gasteiger partial charge in [0, 0.05) is 33.0 Å². The van der Waals surface area contributed by atoms with E-state index in [1.807, 2.05) is 36.4 Å². The first-order chi connectivity index (χ1) is 29.2. The van der Waals surface area contributed by atoms with Gasteiger partial charge in [-0.2, -0.15) is 0 Å². The third-order valence-electron chi connectivity index (χ3n) is 11.7. The Bertz CT molecular complexity index is 3610. The van der Waals surface area contributed by atoms with Crippen molar-refractivity contribution in [1.29, 1.82) is 0 Å². The topological polar surface area (TPSA) is 51.8 Å². The lowest BCUT2D eigenvalue weighted by Gasteiger charge is -2.16. The van der Waals surface area contributed by atoms with Gasteiger partial charge in [0.2, 0.25) is 0 Å². The molecule has 274 valence electrons. The zero-order valence-electron chi connectivity index (χ0n) is 31.8. The van der Waals surface area contributed by atoms with Crippen molar-refractivity contribution in [2.45, 2.75) is 0 Å². The molecule has 0 spiro atoms. The maximum atomic E-state index is 6.47. The summed E-state index contributed by atoms with van der Waals surface area (Å²) in [5, 5.41) is 10.3. The Hall–Kier alpha value is -7.95. The molecule has 12 rings (SSSR count). The number of pyridine rings is 1. The molecular formula is C55H33N3O. The zero-order valence-corrected chi connectivity index (χ0v) is 31.8. The quantitative estimate of drug-likeness (QED) is 0.164. The number of hydrogen-bond acceptors (Lipinski definition) is 4. The van der Waals surface area contributed by atoms with Gasteiger partial charge in [-0.15, -0.1) is 0 Å². The van der Waals surface area contributed by atoms with Crippen molar-refractivity contribution in [3.8, 4) is 56.3 Å². The Balaban J connectivity index is 1.02. The van der Waals surface area contributed by atoms with Crippen molar-refractivity contribution >= 4 is 65.2 Å². The van der Waals surface area contributed by atoms with Gasteiger partial charge in [0.1, 0.15) is 11.2 Å². The number of nitrogens with zero attached hydrogens (tertiary/aromatic N) is 3. The Morgan fingerprint density at radius 1 is 0.339 bits per heavy atom. The molecule has 9 aromatic carbocycles. The summed E-state index contributed by atoms with van der Waals surface area (Å²) in [6.07, 6.45) is 0. The molecule has 12 aromatic rings. The van der Waals surface area contributed by atoms with Gasteiger partial charge in [0.05, 0.1) is 28.0 Å². The molecule has 0 saturated heterocycles. The molecule has 0 unspecified atom stereocenters. The Morgan fingerprint density at radius 2 is 0.881 bits per heavy atom. The summed E-state index contributed by atoms with van der Waals surface area (Å²) in [5.41, 5.74) is 11.6. The van der Waals surface area contributed by atoms with Crippen molar-refractivity contribution in [2.75, 3.05) is 0 Å². The van der Waals surface area contributed by atoms with E-state index in [0.29, 0.717) is 5.82 Å². The molecule has 0 fully saturated rings. The minimum absolute atomic E-state index is 0.680. The number of benzene rings is 9. The second-order valence-electron chi connectivity index (χ2n) is 15.1. The number of furan rings is 1. The normalized spacial score (nSPS) is 11.7. The minimum Gasteiger partial charge on any atom is -0.455 e. The van der Waals surface area contributed by atoms with Crippen LogP contribution in [0.3, 0.4) is 0 Å². The van der Waals surface area contributed by atoms with Gasteiger partial charge in [-0.3, -0.25) is 0 Å². The number of para-hydroxylation sites is 2. The van der Waals surface area contributed by atoms with Gasteiger partial charge in [0.15, 0.2) is 5.82 Å². The fourth-order valence-corrected chi connectivity index (χ4v) is 8.90. The summed E-state index contributed by atoms with van der Waals surface area (Å²) in [6, 6.07) is 70.3. The van der Waals surface area contributed by atoms with Crippen LogP contribution in [0.25, 0.3) is 121 Å². The van der Waals surface area contributed by atoms with Crippen LogP contribution in [0, 0.1) is 0 Å². The predicted octanol–water partition coefficient (Wildman–Crippen LogP) is 14.7. The van der Waals surface area contributed by atoms with Crippen LogP contribution >= 0.6 is 0 Å². The molecule has 0 amide bonds. The van der Waals surface area contributed by atoms with E-state index < -0.39 is 0 Å². The standard InChI is InChI=1S/C55H33N3O/c1-2-14-34(15-3-1)49-33-50(35-26-28-36(29-27-35)53-52-46-23-11-13-25-51(46)59-54(52)45-22-10-12-24-48(45)56-53)58-55(57-49)44-31-30-43(40-19-7-8-20-41(40)44)47-32-37-16-4-5-17-38(37)39-18-6-9-21-42(39)47/h1-33H. The van der Waals surface area contributed by atoms with Crippen LogP contribution in [-0.2, 0) is 0 Å². The second kappa shape index (κ2) is 13.3. The molecule has 0 aliphatic heterocycles. The van der Waals surface area contributed by atoms with Crippen LogP contribution < -0.4 is 0 Å². The summed E-state index contributed by atoms with van der Waals surface area (Å²) < 4.78 is 6.47. The summed E-state index contributed by atoms with van der Waals surface area (Å²) in [4.78, 5) is 15.8. The molecule has 4 heteroatoms. The van der Waals surface area contributed by atoms with Gasteiger partial charge in [-0.1, -0.05) is 164 Å². The molecule has 0 atom stereocenters. The van der Waals surface area contributed by atoms with Crippen LogP contribution in [0.1, 0.15) is 0 Å². The minimum atomic E-state index is 0.680. The van der Waals surface area contributed by atoms with Crippen LogP contribution in [0.4, 0.5) is 0 Å². The first-order valence-electron chi connectivity index (χ1n) is 19.9.